The van der Waals surface area contributed by atoms with Crippen molar-refractivity contribution in [3.63, 3.8) is 0 Å². The summed E-state index contributed by atoms with van der Waals surface area (Å²) in [7, 11) is 0. The number of aliphatic imine (C=N–C) groups is 1. The fourth-order valence-corrected chi connectivity index (χ4v) is 1.83. The number of rotatable bonds is 2. The number of hydrogen-bond acceptors (Lipinski definition) is 2. The van der Waals surface area contributed by atoms with Crippen molar-refractivity contribution < 1.29 is 4.74 Å². The summed E-state index contributed by atoms with van der Waals surface area (Å²) >= 11 is 2.30. The van der Waals surface area contributed by atoms with Crippen LogP contribution >= 0.6 is 22.6 Å². The molecule has 1 aliphatic rings. The van der Waals surface area contributed by atoms with Crippen LogP contribution in [0.2, 0.25) is 0 Å². The van der Waals surface area contributed by atoms with Gasteiger partial charge in [-0.1, -0.05) is 30.3 Å². The second kappa shape index (κ2) is 4.57. The van der Waals surface area contributed by atoms with E-state index in [-0.39, 0.29) is 5.60 Å². The van der Waals surface area contributed by atoms with Gasteiger partial charge in [0.1, 0.15) is 5.60 Å². The van der Waals surface area contributed by atoms with Crippen LogP contribution in [0.15, 0.2) is 45.0 Å². The highest BCUT2D eigenvalue weighted by molar-refractivity contribution is 14.1. The van der Waals surface area contributed by atoms with Crippen LogP contribution in [0.3, 0.4) is 0 Å². The Morgan fingerprint density at radius 3 is 2.50 bits per heavy atom. The van der Waals surface area contributed by atoms with E-state index >= 15 is 0 Å². The summed E-state index contributed by atoms with van der Waals surface area (Å²) in [6.45, 7) is 4.78. The monoisotopic (exact) mass is 327 g/mol. The molecule has 0 saturated carbocycles. The quantitative estimate of drug-likeness (QED) is 0.759. The van der Waals surface area contributed by atoms with E-state index < -0.39 is 0 Å². The minimum atomic E-state index is -0.212. The lowest BCUT2D eigenvalue weighted by Crippen LogP contribution is -2.20. The molecule has 0 aromatic heterocycles. The van der Waals surface area contributed by atoms with Gasteiger partial charge >= 0.3 is 0 Å². The molecule has 0 fully saturated rings. The van der Waals surface area contributed by atoms with Gasteiger partial charge in [-0.15, -0.1) is 0 Å². The zero-order valence-electron chi connectivity index (χ0n) is 9.40. The zero-order valence-corrected chi connectivity index (χ0v) is 11.6. The Balaban J connectivity index is 2.06. The zero-order chi connectivity index (χ0) is 11.6. The van der Waals surface area contributed by atoms with Gasteiger partial charge < -0.3 is 4.74 Å². The Labute approximate surface area is 110 Å². The van der Waals surface area contributed by atoms with Crippen molar-refractivity contribution >= 4 is 28.5 Å². The minimum absolute atomic E-state index is 0.212. The second-order valence-corrected chi connectivity index (χ2v) is 5.41. The third kappa shape index (κ3) is 2.64. The molecule has 1 aromatic rings. The Morgan fingerprint density at radius 2 is 1.94 bits per heavy atom. The molecule has 0 bridgehead atoms. The van der Waals surface area contributed by atoms with Gasteiger partial charge in [0.15, 0.2) is 0 Å². The summed E-state index contributed by atoms with van der Waals surface area (Å²) in [5.41, 5.74) is 0.988. The van der Waals surface area contributed by atoms with Crippen LogP contribution in [-0.2, 0) is 11.3 Å². The van der Waals surface area contributed by atoms with E-state index in [0.717, 1.165) is 5.90 Å². The van der Waals surface area contributed by atoms with Crippen molar-refractivity contribution in [2.24, 2.45) is 4.99 Å². The molecule has 1 aromatic carbocycles. The van der Waals surface area contributed by atoms with E-state index in [1.165, 1.54) is 9.14 Å². The topological polar surface area (TPSA) is 21.6 Å². The van der Waals surface area contributed by atoms with Crippen LogP contribution in [-0.4, -0.2) is 11.5 Å². The number of halogens is 1. The molecule has 84 valence electrons. The first kappa shape index (κ1) is 11.6. The molecule has 0 aliphatic carbocycles. The van der Waals surface area contributed by atoms with Gasteiger partial charge in [-0.3, -0.25) is 0 Å². The van der Waals surface area contributed by atoms with E-state index in [1.807, 2.05) is 24.3 Å². The molecule has 0 spiro atoms. The second-order valence-electron chi connectivity index (χ2n) is 4.24. The molecule has 2 rings (SSSR count). The highest BCUT2D eigenvalue weighted by atomic mass is 127. The van der Waals surface area contributed by atoms with Crippen LogP contribution in [0, 0.1) is 0 Å². The molecule has 0 radical (unpaired) electrons. The summed E-state index contributed by atoms with van der Waals surface area (Å²) in [5.74, 6) is 0.734. The molecule has 0 N–H and O–H groups in total. The van der Waals surface area contributed by atoms with Crippen molar-refractivity contribution in [1.29, 1.82) is 0 Å². The summed E-state index contributed by atoms with van der Waals surface area (Å²) in [6, 6.07) is 10.2. The van der Waals surface area contributed by atoms with Gasteiger partial charge in [0.2, 0.25) is 5.90 Å². The van der Waals surface area contributed by atoms with Crippen LogP contribution in [0.4, 0.5) is 0 Å². The fourth-order valence-electron chi connectivity index (χ4n) is 1.45. The Morgan fingerprint density at radius 1 is 1.25 bits per heavy atom. The molecule has 16 heavy (non-hydrogen) atoms. The highest BCUT2D eigenvalue weighted by Crippen LogP contribution is 2.32. The third-order valence-electron chi connectivity index (χ3n) is 2.45. The summed E-state index contributed by atoms with van der Waals surface area (Å²) in [5, 5.41) is 0. The lowest BCUT2D eigenvalue weighted by molar-refractivity contribution is 0.159. The van der Waals surface area contributed by atoms with E-state index in [0.29, 0.717) is 6.54 Å². The van der Waals surface area contributed by atoms with Gasteiger partial charge in [-0.25, -0.2) is 4.99 Å². The summed E-state index contributed by atoms with van der Waals surface area (Å²) < 4.78 is 6.92. The molecular formula is C13H14INO. The Hall–Kier alpha value is -0.840. The van der Waals surface area contributed by atoms with Gasteiger partial charge in [-0.05, 0) is 42.0 Å². The van der Waals surface area contributed by atoms with Gasteiger partial charge in [-0.2, -0.15) is 0 Å². The number of ether oxygens (including phenoxy) is 1. The molecule has 3 heteroatoms. The van der Waals surface area contributed by atoms with Crippen molar-refractivity contribution in [2.75, 3.05) is 0 Å². The number of nitrogens with zero attached hydrogens (tertiary/aromatic N) is 1. The number of benzene rings is 1. The Kier molecular flexibility index (Phi) is 3.33. The summed E-state index contributed by atoms with van der Waals surface area (Å²) in [6.07, 6.45) is 2.00. The molecule has 2 nitrogen and oxygen atoms in total. The Bertz CT molecular complexity index is 435. The maximum atomic E-state index is 5.73. The van der Waals surface area contributed by atoms with Crippen LogP contribution in [0.1, 0.15) is 19.4 Å². The minimum Gasteiger partial charge on any atom is -0.466 e. The molecule has 0 unspecified atom stereocenters. The average Bonchev–Trinajstić information content (AvgIpc) is 2.52. The van der Waals surface area contributed by atoms with E-state index in [9.17, 15) is 0 Å². The first-order valence-electron chi connectivity index (χ1n) is 5.23. The maximum Gasteiger partial charge on any atom is 0.210 e. The predicted molar refractivity (Wildman–Crippen MR) is 74.8 cm³/mol. The molecule has 1 heterocycles. The molecular weight excluding hydrogens is 313 g/mol. The van der Waals surface area contributed by atoms with Crippen LogP contribution < -0.4 is 0 Å². The van der Waals surface area contributed by atoms with Crippen LogP contribution in [0.25, 0.3) is 0 Å². The van der Waals surface area contributed by atoms with Crippen molar-refractivity contribution in [3.05, 3.63) is 45.6 Å². The van der Waals surface area contributed by atoms with Gasteiger partial charge in [0, 0.05) is 9.66 Å². The first-order valence-corrected chi connectivity index (χ1v) is 6.31. The van der Waals surface area contributed by atoms with E-state index in [2.05, 4.69) is 53.6 Å². The third-order valence-corrected chi connectivity index (χ3v) is 4.06. The van der Waals surface area contributed by atoms with Gasteiger partial charge in [0.05, 0.1) is 6.54 Å². The smallest absolute Gasteiger partial charge is 0.210 e. The first-order chi connectivity index (χ1) is 7.58. The van der Waals surface area contributed by atoms with Crippen molar-refractivity contribution in [1.82, 2.24) is 0 Å². The normalized spacial score (nSPS) is 20.7. The molecule has 0 saturated heterocycles. The maximum absolute atomic E-state index is 5.73. The SMILES string of the molecule is CC1(C)OC(=NCc2ccccc2)C=C1I. The molecule has 0 atom stereocenters. The van der Waals surface area contributed by atoms with E-state index in [4.69, 9.17) is 4.74 Å². The van der Waals surface area contributed by atoms with Crippen molar-refractivity contribution in [3.8, 4) is 0 Å². The lowest BCUT2D eigenvalue weighted by Gasteiger charge is -2.18. The fraction of sp³-hybridized carbons (Fsp3) is 0.308. The highest BCUT2D eigenvalue weighted by Gasteiger charge is 2.30. The lowest BCUT2D eigenvalue weighted by atomic mass is 10.1. The van der Waals surface area contributed by atoms with Crippen molar-refractivity contribution in [2.45, 2.75) is 26.0 Å². The molecule has 1 aliphatic heterocycles. The predicted octanol–water partition coefficient (Wildman–Crippen LogP) is 3.71. The summed E-state index contributed by atoms with van der Waals surface area (Å²) in [4.78, 5) is 4.45. The van der Waals surface area contributed by atoms with E-state index in [1.54, 1.807) is 0 Å². The number of hydrogen-bond donors (Lipinski definition) is 0. The van der Waals surface area contributed by atoms with Crippen LogP contribution in [0.5, 0.6) is 0 Å². The standard InChI is InChI=1S/C13H14INO/c1-13(2)11(14)8-12(16-13)15-9-10-6-4-3-5-7-10/h3-8H,9H2,1-2H3. The van der Waals surface area contributed by atoms with Gasteiger partial charge in [0.25, 0.3) is 0 Å². The average molecular weight is 327 g/mol. The molecule has 0 amide bonds. The largest absolute Gasteiger partial charge is 0.466 e.